The van der Waals surface area contributed by atoms with Gasteiger partial charge in [-0.2, -0.15) is 0 Å². The van der Waals surface area contributed by atoms with Crippen molar-refractivity contribution in [1.29, 1.82) is 0 Å². The van der Waals surface area contributed by atoms with Crippen molar-refractivity contribution in [2.45, 2.75) is 20.8 Å². The van der Waals surface area contributed by atoms with Crippen LogP contribution in [-0.2, 0) is 0 Å². The number of Topliss-reactive ketones (excluding diaryl/α,β-unsaturated/α-hetero) is 1. The molecule has 0 bridgehead atoms. The number of hydrogen-bond donors (Lipinski definition) is 0. The number of rotatable bonds is 6. The summed E-state index contributed by atoms with van der Waals surface area (Å²) in [6.07, 6.45) is 0. The first kappa shape index (κ1) is 14.5. The second-order valence-corrected chi connectivity index (χ2v) is 3.87. The molecule has 98 valence electrons. The zero-order chi connectivity index (χ0) is 13.7. The summed E-state index contributed by atoms with van der Waals surface area (Å²) in [7, 11) is 0. The molecule has 1 aromatic rings. The zero-order valence-electron chi connectivity index (χ0n) is 10.7. The Morgan fingerprint density at radius 3 is 2.44 bits per heavy atom. The zero-order valence-corrected chi connectivity index (χ0v) is 11.5. The maximum Gasteiger partial charge on any atom is 0.167 e. The van der Waals surface area contributed by atoms with Crippen molar-refractivity contribution in [1.82, 2.24) is 0 Å². The molecule has 0 aliphatic heterocycles. The number of aliphatic imine (C=N–C) groups is 1. The van der Waals surface area contributed by atoms with Crippen LogP contribution in [0.1, 0.15) is 31.1 Å². The minimum Gasteiger partial charge on any atom is -0.493 e. The van der Waals surface area contributed by atoms with Crippen LogP contribution < -0.4 is 9.47 Å². The van der Waals surface area contributed by atoms with Gasteiger partial charge in [-0.3, -0.25) is 9.79 Å². The molecule has 0 aliphatic carbocycles. The van der Waals surface area contributed by atoms with Crippen molar-refractivity contribution in [3.05, 3.63) is 16.7 Å². The van der Waals surface area contributed by atoms with Crippen molar-refractivity contribution >= 4 is 29.8 Å². The smallest absolute Gasteiger partial charge is 0.167 e. The molecule has 0 saturated carbocycles. The molecule has 5 heteroatoms. The summed E-state index contributed by atoms with van der Waals surface area (Å²) in [5, 5.41) is 0.278. The minimum absolute atomic E-state index is 0.167. The van der Waals surface area contributed by atoms with E-state index in [4.69, 9.17) is 21.1 Å². The van der Waals surface area contributed by atoms with E-state index in [1.54, 1.807) is 6.07 Å². The van der Waals surface area contributed by atoms with E-state index in [1.807, 2.05) is 13.8 Å². The number of carbonyl (C=O) groups is 1. The molecule has 0 unspecified atom stereocenters. The molecule has 0 radical (unpaired) electrons. The van der Waals surface area contributed by atoms with Crippen LogP contribution in [0.2, 0.25) is 5.02 Å². The third-order valence-electron chi connectivity index (χ3n) is 2.28. The Hall–Kier alpha value is -1.55. The predicted octanol–water partition coefficient (Wildman–Crippen LogP) is 3.67. The fourth-order valence-electron chi connectivity index (χ4n) is 1.60. The molecular weight excluding hydrogens is 254 g/mol. The van der Waals surface area contributed by atoms with E-state index in [-0.39, 0.29) is 10.8 Å². The van der Waals surface area contributed by atoms with Gasteiger partial charge < -0.3 is 9.47 Å². The average molecular weight is 270 g/mol. The molecule has 0 aromatic heterocycles. The molecule has 0 heterocycles. The highest BCUT2D eigenvalue weighted by molar-refractivity contribution is 6.35. The van der Waals surface area contributed by atoms with E-state index < -0.39 is 0 Å². The van der Waals surface area contributed by atoms with Crippen LogP contribution in [0.15, 0.2) is 11.1 Å². The van der Waals surface area contributed by atoms with Crippen molar-refractivity contribution in [3.63, 3.8) is 0 Å². The van der Waals surface area contributed by atoms with E-state index in [0.717, 1.165) is 0 Å². The average Bonchev–Trinajstić information content (AvgIpc) is 2.33. The Balaban J connectivity index is 3.55. The van der Waals surface area contributed by atoms with Crippen LogP contribution in [0.4, 0.5) is 5.69 Å². The molecule has 1 rings (SSSR count). The number of carbonyl (C=O) groups excluding carboxylic acids is 1. The van der Waals surface area contributed by atoms with Gasteiger partial charge in [0.2, 0.25) is 0 Å². The van der Waals surface area contributed by atoms with E-state index in [2.05, 4.69) is 11.7 Å². The van der Waals surface area contributed by atoms with Gasteiger partial charge >= 0.3 is 0 Å². The topological polar surface area (TPSA) is 47.9 Å². The van der Waals surface area contributed by atoms with E-state index in [0.29, 0.717) is 36.0 Å². The standard InChI is InChI=1S/C13H16ClNO3/c1-5-17-10-7-9(15-4)12(14)13(18-6-2)11(10)8(3)16/h7H,4-6H2,1-3H3. The second kappa shape index (κ2) is 6.40. The van der Waals surface area contributed by atoms with Gasteiger partial charge in [-0.25, -0.2) is 0 Å². The lowest BCUT2D eigenvalue weighted by atomic mass is 10.1. The van der Waals surface area contributed by atoms with Crippen LogP contribution in [0.3, 0.4) is 0 Å². The summed E-state index contributed by atoms with van der Waals surface area (Å²) in [6, 6.07) is 1.60. The molecule has 4 nitrogen and oxygen atoms in total. The van der Waals surface area contributed by atoms with Crippen LogP contribution in [0.25, 0.3) is 0 Å². The van der Waals surface area contributed by atoms with Crippen molar-refractivity contribution in [3.8, 4) is 11.5 Å². The summed E-state index contributed by atoms with van der Waals surface area (Å²) in [5.41, 5.74) is 0.782. The molecule has 0 fully saturated rings. The Labute approximate surface area is 112 Å². The molecule has 0 saturated heterocycles. The fraction of sp³-hybridized carbons (Fsp3) is 0.385. The quantitative estimate of drug-likeness (QED) is 0.585. The number of ether oxygens (including phenoxy) is 2. The number of hydrogen-bond acceptors (Lipinski definition) is 4. The SMILES string of the molecule is C=Nc1cc(OCC)c(C(C)=O)c(OCC)c1Cl. The normalized spacial score (nSPS) is 10.0. The van der Waals surface area contributed by atoms with Gasteiger partial charge in [0.15, 0.2) is 11.5 Å². The fourth-order valence-corrected chi connectivity index (χ4v) is 1.86. The maximum absolute atomic E-state index is 11.7. The summed E-state index contributed by atoms with van der Waals surface area (Å²) < 4.78 is 10.9. The summed E-state index contributed by atoms with van der Waals surface area (Å²) in [4.78, 5) is 15.5. The van der Waals surface area contributed by atoms with Gasteiger partial charge in [-0.05, 0) is 27.5 Å². The van der Waals surface area contributed by atoms with E-state index in [1.165, 1.54) is 6.92 Å². The maximum atomic E-state index is 11.7. The molecule has 0 aliphatic rings. The predicted molar refractivity (Wildman–Crippen MR) is 73.0 cm³/mol. The lowest BCUT2D eigenvalue weighted by molar-refractivity contribution is 0.101. The van der Waals surface area contributed by atoms with Gasteiger partial charge in [0.1, 0.15) is 16.3 Å². The van der Waals surface area contributed by atoms with Gasteiger partial charge in [0.25, 0.3) is 0 Å². The Kier molecular flexibility index (Phi) is 5.16. The Morgan fingerprint density at radius 2 is 2.00 bits per heavy atom. The highest BCUT2D eigenvalue weighted by Crippen LogP contribution is 2.43. The first-order valence-corrected chi connectivity index (χ1v) is 6.04. The van der Waals surface area contributed by atoms with Crippen LogP contribution in [0.5, 0.6) is 11.5 Å². The number of nitrogens with zero attached hydrogens (tertiary/aromatic N) is 1. The van der Waals surface area contributed by atoms with Crippen LogP contribution in [0, 0.1) is 0 Å². The first-order valence-electron chi connectivity index (χ1n) is 5.66. The van der Waals surface area contributed by atoms with Crippen LogP contribution in [-0.4, -0.2) is 25.7 Å². The number of halogens is 1. The molecular formula is C13H16ClNO3. The summed E-state index contributed by atoms with van der Waals surface area (Å²) in [6.45, 7) is 9.36. The summed E-state index contributed by atoms with van der Waals surface area (Å²) >= 11 is 6.14. The minimum atomic E-state index is -0.167. The highest BCUT2D eigenvalue weighted by atomic mass is 35.5. The van der Waals surface area contributed by atoms with Gasteiger partial charge in [0, 0.05) is 6.07 Å². The molecule has 0 N–H and O–H groups in total. The Bertz CT molecular complexity index is 472. The van der Waals surface area contributed by atoms with Crippen molar-refractivity contribution in [2.24, 2.45) is 4.99 Å². The molecule has 18 heavy (non-hydrogen) atoms. The number of benzene rings is 1. The van der Waals surface area contributed by atoms with Crippen molar-refractivity contribution in [2.75, 3.05) is 13.2 Å². The lowest BCUT2D eigenvalue weighted by Crippen LogP contribution is -2.06. The van der Waals surface area contributed by atoms with Crippen LogP contribution >= 0.6 is 11.6 Å². The monoisotopic (exact) mass is 269 g/mol. The molecule has 0 spiro atoms. The third-order valence-corrected chi connectivity index (χ3v) is 2.64. The molecule has 0 atom stereocenters. The van der Waals surface area contributed by atoms with Gasteiger partial charge in [-0.1, -0.05) is 11.6 Å². The largest absolute Gasteiger partial charge is 0.493 e. The first-order chi connectivity index (χ1) is 8.56. The van der Waals surface area contributed by atoms with Gasteiger partial charge in [0.05, 0.1) is 18.9 Å². The van der Waals surface area contributed by atoms with Gasteiger partial charge in [-0.15, -0.1) is 0 Å². The van der Waals surface area contributed by atoms with E-state index in [9.17, 15) is 4.79 Å². The van der Waals surface area contributed by atoms with E-state index >= 15 is 0 Å². The summed E-state index contributed by atoms with van der Waals surface area (Å²) in [5.74, 6) is 0.555. The highest BCUT2D eigenvalue weighted by Gasteiger charge is 2.21. The lowest BCUT2D eigenvalue weighted by Gasteiger charge is -2.16. The van der Waals surface area contributed by atoms with Crippen molar-refractivity contribution < 1.29 is 14.3 Å². The molecule has 1 aromatic carbocycles. The number of ketones is 1. The second-order valence-electron chi connectivity index (χ2n) is 3.49. The Morgan fingerprint density at radius 1 is 1.39 bits per heavy atom. The third kappa shape index (κ3) is 2.82. The molecule has 0 amide bonds.